The van der Waals surface area contributed by atoms with E-state index in [0.29, 0.717) is 11.3 Å². The minimum Gasteiger partial charge on any atom is -0.475 e. The number of aryl methyl sites for hydroxylation is 1. The van der Waals surface area contributed by atoms with E-state index < -0.39 is 12.1 Å². The zero-order chi connectivity index (χ0) is 15.5. The number of nitrogens with two attached hydrogens (primary N) is 1. The van der Waals surface area contributed by atoms with Gasteiger partial charge in [-0.2, -0.15) is 13.2 Å². The first kappa shape index (κ1) is 15.5. The van der Waals surface area contributed by atoms with E-state index in [0.717, 1.165) is 10.9 Å². The maximum atomic E-state index is 11.0. The van der Waals surface area contributed by atoms with E-state index in [-0.39, 0.29) is 5.63 Å². The van der Waals surface area contributed by atoms with Crippen molar-refractivity contribution >= 4 is 22.6 Å². The Morgan fingerprint density at radius 3 is 2.35 bits per heavy atom. The van der Waals surface area contributed by atoms with Gasteiger partial charge in [-0.25, -0.2) is 9.59 Å². The third kappa shape index (κ3) is 4.01. The SMILES string of the molecule is Cc1cc(=O)oc2cc(N)ccc12.O=C(O)C(F)(F)F. The van der Waals surface area contributed by atoms with E-state index in [2.05, 4.69) is 0 Å². The van der Waals surface area contributed by atoms with Crippen LogP contribution in [-0.2, 0) is 4.79 Å². The number of carboxylic acids is 1. The Balaban J connectivity index is 0.000000246. The molecule has 1 aromatic heterocycles. The van der Waals surface area contributed by atoms with Crippen molar-refractivity contribution in [3.63, 3.8) is 0 Å². The molecule has 0 fully saturated rings. The molecule has 0 saturated heterocycles. The molecule has 3 N–H and O–H groups in total. The number of aliphatic carboxylic acids is 1. The number of benzene rings is 1. The van der Waals surface area contributed by atoms with Crippen molar-refractivity contribution < 1.29 is 27.5 Å². The zero-order valence-corrected chi connectivity index (χ0v) is 10.2. The van der Waals surface area contributed by atoms with Gasteiger partial charge in [-0.1, -0.05) is 0 Å². The summed E-state index contributed by atoms with van der Waals surface area (Å²) >= 11 is 0. The second kappa shape index (κ2) is 5.64. The average Bonchev–Trinajstić information content (AvgIpc) is 2.27. The normalized spacial score (nSPS) is 10.8. The summed E-state index contributed by atoms with van der Waals surface area (Å²) < 4.78 is 36.7. The van der Waals surface area contributed by atoms with Crippen LogP contribution in [0.3, 0.4) is 0 Å². The lowest BCUT2D eigenvalue weighted by Crippen LogP contribution is -2.21. The number of hydrogen-bond acceptors (Lipinski definition) is 4. The molecule has 5 nitrogen and oxygen atoms in total. The summed E-state index contributed by atoms with van der Waals surface area (Å²) in [7, 11) is 0. The summed E-state index contributed by atoms with van der Waals surface area (Å²) in [6.07, 6.45) is -5.08. The molecule has 0 saturated carbocycles. The van der Waals surface area contributed by atoms with Crippen molar-refractivity contribution in [2.75, 3.05) is 5.73 Å². The van der Waals surface area contributed by atoms with Gasteiger partial charge >= 0.3 is 17.8 Å². The number of alkyl halides is 3. The molecule has 0 aliphatic rings. The quantitative estimate of drug-likeness (QED) is 0.573. The molecule has 0 radical (unpaired) electrons. The van der Waals surface area contributed by atoms with Gasteiger partial charge in [0.05, 0.1) is 0 Å². The first-order valence-corrected chi connectivity index (χ1v) is 5.21. The highest BCUT2D eigenvalue weighted by Crippen LogP contribution is 2.18. The van der Waals surface area contributed by atoms with Gasteiger partial charge in [-0.05, 0) is 24.6 Å². The second-order valence-corrected chi connectivity index (χ2v) is 3.81. The largest absolute Gasteiger partial charge is 0.490 e. The molecule has 2 aromatic rings. The fraction of sp³-hybridized carbons (Fsp3) is 0.167. The summed E-state index contributed by atoms with van der Waals surface area (Å²) in [6.45, 7) is 1.87. The van der Waals surface area contributed by atoms with E-state index in [4.69, 9.17) is 20.1 Å². The highest BCUT2D eigenvalue weighted by molar-refractivity contribution is 5.82. The molecule has 0 unspecified atom stereocenters. The molecule has 20 heavy (non-hydrogen) atoms. The van der Waals surface area contributed by atoms with Crippen LogP contribution in [0.25, 0.3) is 11.0 Å². The van der Waals surface area contributed by atoms with Gasteiger partial charge in [-0.15, -0.1) is 0 Å². The molecular formula is C12H10F3NO4. The second-order valence-electron chi connectivity index (χ2n) is 3.81. The molecule has 1 aromatic carbocycles. The number of rotatable bonds is 0. The van der Waals surface area contributed by atoms with Crippen LogP contribution in [0.4, 0.5) is 18.9 Å². The molecule has 0 aliphatic heterocycles. The Kier molecular flexibility index (Phi) is 4.38. The first-order chi connectivity index (χ1) is 9.11. The number of anilines is 1. The van der Waals surface area contributed by atoms with E-state index >= 15 is 0 Å². The molecular weight excluding hydrogens is 279 g/mol. The van der Waals surface area contributed by atoms with Crippen molar-refractivity contribution in [2.24, 2.45) is 0 Å². The van der Waals surface area contributed by atoms with Crippen LogP contribution in [0, 0.1) is 6.92 Å². The van der Waals surface area contributed by atoms with E-state index in [1.165, 1.54) is 6.07 Å². The Labute approximate surface area is 110 Å². The highest BCUT2D eigenvalue weighted by atomic mass is 19.4. The van der Waals surface area contributed by atoms with Crippen molar-refractivity contribution in [1.82, 2.24) is 0 Å². The van der Waals surface area contributed by atoms with Crippen LogP contribution in [-0.4, -0.2) is 17.3 Å². The van der Waals surface area contributed by atoms with Gasteiger partial charge in [0.25, 0.3) is 0 Å². The van der Waals surface area contributed by atoms with Crippen LogP contribution in [0.1, 0.15) is 5.56 Å². The summed E-state index contributed by atoms with van der Waals surface area (Å²) in [4.78, 5) is 19.9. The number of nitrogen functional groups attached to an aromatic ring is 1. The van der Waals surface area contributed by atoms with Gasteiger partial charge in [-0.3, -0.25) is 0 Å². The van der Waals surface area contributed by atoms with E-state index in [1.54, 1.807) is 12.1 Å². The van der Waals surface area contributed by atoms with Gasteiger partial charge in [0.2, 0.25) is 0 Å². The summed E-state index contributed by atoms with van der Waals surface area (Å²) in [5.74, 6) is -2.76. The topological polar surface area (TPSA) is 93.5 Å². The van der Waals surface area contributed by atoms with Crippen molar-refractivity contribution in [3.05, 3.63) is 40.2 Å². The lowest BCUT2D eigenvalue weighted by Gasteiger charge is -2.00. The van der Waals surface area contributed by atoms with Gasteiger partial charge in [0, 0.05) is 23.2 Å². The average molecular weight is 289 g/mol. The van der Waals surface area contributed by atoms with E-state index in [1.807, 2.05) is 13.0 Å². The lowest BCUT2D eigenvalue weighted by molar-refractivity contribution is -0.192. The van der Waals surface area contributed by atoms with Crippen LogP contribution >= 0.6 is 0 Å². The number of fused-ring (bicyclic) bond motifs is 1. The summed E-state index contributed by atoms with van der Waals surface area (Å²) in [5.41, 5.74) is 7.28. The van der Waals surface area contributed by atoms with E-state index in [9.17, 15) is 18.0 Å². The van der Waals surface area contributed by atoms with Crippen molar-refractivity contribution in [2.45, 2.75) is 13.1 Å². The number of hydrogen-bond donors (Lipinski definition) is 2. The number of carbonyl (C=O) groups is 1. The Morgan fingerprint density at radius 1 is 1.30 bits per heavy atom. The van der Waals surface area contributed by atoms with Crippen LogP contribution in [0.2, 0.25) is 0 Å². The summed E-state index contributed by atoms with van der Waals surface area (Å²) in [5, 5.41) is 8.05. The molecule has 0 aliphatic carbocycles. The monoisotopic (exact) mass is 289 g/mol. The Bertz CT molecular complexity index is 691. The van der Waals surface area contributed by atoms with Crippen LogP contribution in [0.15, 0.2) is 33.5 Å². The fourth-order valence-corrected chi connectivity index (χ4v) is 1.34. The van der Waals surface area contributed by atoms with Gasteiger partial charge in [0.1, 0.15) is 5.58 Å². The minimum atomic E-state index is -5.08. The lowest BCUT2D eigenvalue weighted by atomic mass is 10.1. The molecule has 1 heterocycles. The molecule has 108 valence electrons. The minimum absolute atomic E-state index is 0.337. The third-order valence-corrected chi connectivity index (χ3v) is 2.22. The first-order valence-electron chi connectivity index (χ1n) is 5.21. The number of carboxylic acid groups (broad SMARTS) is 1. The molecule has 0 bridgehead atoms. The van der Waals surface area contributed by atoms with Crippen LogP contribution in [0.5, 0.6) is 0 Å². The van der Waals surface area contributed by atoms with Gasteiger partial charge in [0.15, 0.2) is 0 Å². The number of halogens is 3. The maximum absolute atomic E-state index is 11.0. The van der Waals surface area contributed by atoms with Crippen LogP contribution < -0.4 is 11.4 Å². The van der Waals surface area contributed by atoms with Crippen molar-refractivity contribution in [3.8, 4) is 0 Å². The zero-order valence-electron chi connectivity index (χ0n) is 10.2. The third-order valence-electron chi connectivity index (χ3n) is 2.22. The van der Waals surface area contributed by atoms with Crippen molar-refractivity contribution in [1.29, 1.82) is 0 Å². The Hall–Kier alpha value is -2.51. The smallest absolute Gasteiger partial charge is 0.475 e. The highest BCUT2D eigenvalue weighted by Gasteiger charge is 2.38. The maximum Gasteiger partial charge on any atom is 0.490 e. The predicted octanol–water partition coefficient (Wildman–Crippen LogP) is 2.32. The van der Waals surface area contributed by atoms with Gasteiger partial charge < -0.3 is 15.3 Å². The summed E-state index contributed by atoms with van der Waals surface area (Å²) in [6, 6.07) is 6.76. The molecule has 0 atom stereocenters. The fourth-order valence-electron chi connectivity index (χ4n) is 1.34. The predicted molar refractivity (Wildman–Crippen MR) is 65.3 cm³/mol. The molecule has 2 rings (SSSR count). The molecule has 0 amide bonds. The molecule has 0 spiro atoms. The molecule has 8 heteroatoms. The standard InChI is InChI=1S/C10H9NO2.C2HF3O2/c1-6-4-10(12)13-9-5-7(11)2-3-8(6)9;3-2(4,5)1(6)7/h2-5H,11H2,1H3;(H,6,7). The Morgan fingerprint density at radius 2 is 1.85 bits per heavy atom.